The van der Waals surface area contributed by atoms with E-state index in [1.165, 1.54) is 31.2 Å². The van der Waals surface area contributed by atoms with Gasteiger partial charge in [0.15, 0.2) is 11.5 Å². The third-order valence-electron chi connectivity index (χ3n) is 11.2. The van der Waals surface area contributed by atoms with Crippen LogP contribution in [0.3, 0.4) is 0 Å². The number of benzene rings is 1. The minimum absolute atomic E-state index is 0.0629. The number of hydrogen-bond donors (Lipinski definition) is 3. The molecule has 3 aliphatic carbocycles. The van der Waals surface area contributed by atoms with Gasteiger partial charge >= 0.3 is 0 Å². The number of aromatic hydroxyl groups is 1. The molecular weight excluding hydrogens is 548 g/mol. The predicted molar refractivity (Wildman–Crippen MR) is 176 cm³/mol. The molecule has 1 amide bonds. The summed E-state index contributed by atoms with van der Waals surface area (Å²) in [6, 6.07) is 3.70. The number of hydrogen-bond acceptors (Lipinski definition) is 5. The number of nitrogens with one attached hydrogen (secondary N) is 1. The molecule has 0 aromatic heterocycles. The number of phenolic OH excluding ortho intramolecular Hbond substituents is 1. The second-order valence-electron chi connectivity index (χ2n) is 14.1. The Morgan fingerprint density at radius 3 is 2.55 bits per heavy atom. The molecule has 6 rings (SSSR count). The lowest BCUT2D eigenvalue weighted by molar-refractivity contribution is -0.192. The molecule has 2 aliphatic heterocycles. The number of amides is 1. The monoisotopic (exact) mass is 602 g/mol. The number of aliphatic hydroxyl groups is 1. The van der Waals surface area contributed by atoms with Gasteiger partial charge in [-0.1, -0.05) is 68.7 Å². The van der Waals surface area contributed by atoms with Gasteiger partial charge in [-0.2, -0.15) is 0 Å². The van der Waals surface area contributed by atoms with E-state index in [1.807, 2.05) is 6.07 Å². The maximum Gasteiger partial charge on any atom is 0.220 e. The van der Waals surface area contributed by atoms with Crippen molar-refractivity contribution in [2.24, 2.45) is 5.92 Å². The zero-order valence-corrected chi connectivity index (χ0v) is 26.8. The van der Waals surface area contributed by atoms with Crippen LogP contribution in [0.5, 0.6) is 11.5 Å². The first-order chi connectivity index (χ1) is 21.5. The minimum Gasteiger partial charge on any atom is -0.504 e. The first-order valence-corrected chi connectivity index (χ1v) is 17.7. The van der Waals surface area contributed by atoms with Crippen molar-refractivity contribution in [1.29, 1.82) is 0 Å². The second-order valence-corrected chi connectivity index (χ2v) is 14.1. The summed E-state index contributed by atoms with van der Waals surface area (Å²) in [5, 5.41) is 26.8. The van der Waals surface area contributed by atoms with E-state index < -0.39 is 11.0 Å². The maximum atomic E-state index is 13.2. The fourth-order valence-corrected chi connectivity index (χ4v) is 8.81. The second kappa shape index (κ2) is 13.8. The SMILES string of the molecule is CC/C=C/C/C=C/C/C=C/CCCCCCCC(=O)N[C@H]1CC[C@@]2(O)[C@H]3Cc4ccc(O)c5c4[C@@]2(CCN3CC2CC2)[C@H]1O5. The van der Waals surface area contributed by atoms with Gasteiger partial charge in [0.05, 0.1) is 17.1 Å². The molecule has 2 saturated carbocycles. The van der Waals surface area contributed by atoms with Crippen LogP contribution in [0.2, 0.25) is 0 Å². The van der Waals surface area contributed by atoms with Gasteiger partial charge in [0.25, 0.3) is 0 Å². The minimum atomic E-state index is -0.907. The highest BCUT2D eigenvalue weighted by molar-refractivity contribution is 5.76. The van der Waals surface area contributed by atoms with Crippen molar-refractivity contribution in [3.8, 4) is 11.5 Å². The third kappa shape index (κ3) is 6.13. The molecule has 6 heteroatoms. The number of likely N-dealkylation sites (tertiary alicyclic amines) is 1. The smallest absolute Gasteiger partial charge is 0.220 e. The summed E-state index contributed by atoms with van der Waals surface area (Å²) < 4.78 is 6.59. The van der Waals surface area contributed by atoms with E-state index in [9.17, 15) is 15.0 Å². The first-order valence-electron chi connectivity index (χ1n) is 17.7. The zero-order chi connectivity index (χ0) is 30.6. The number of rotatable bonds is 16. The first kappa shape index (κ1) is 31.4. The van der Waals surface area contributed by atoms with Crippen molar-refractivity contribution >= 4 is 5.91 Å². The van der Waals surface area contributed by atoms with E-state index in [0.29, 0.717) is 25.0 Å². The Labute approximate surface area is 264 Å². The lowest BCUT2D eigenvalue weighted by atomic mass is 9.48. The molecule has 44 heavy (non-hydrogen) atoms. The van der Waals surface area contributed by atoms with Gasteiger partial charge in [-0.05, 0) is 101 Å². The highest BCUT2D eigenvalue weighted by atomic mass is 16.5. The quantitative estimate of drug-likeness (QED) is 0.140. The number of allylic oxidation sites excluding steroid dienone is 6. The van der Waals surface area contributed by atoms with Crippen LogP contribution in [0.1, 0.15) is 114 Å². The molecule has 1 aromatic carbocycles. The number of unbranched alkanes of at least 4 members (excludes halogenated alkanes) is 5. The van der Waals surface area contributed by atoms with Crippen molar-refractivity contribution in [3.63, 3.8) is 0 Å². The summed E-state index contributed by atoms with van der Waals surface area (Å²) in [7, 11) is 0. The van der Waals surface area contributed by atoms with Crippen LogP contribution >= 0.6 is 0 Å². The summed E-state index contributed by atoms with van der Waals surface area (Å²) in [5.41, 5.74) is 0.741. The van der Waals surface area contributed by atoms with Crippen LogP contribution in [0, 0.1) is 5.92 Å². The van der Waals surface area contributed by atoms with Crippen LogP contribution in [0.15, 0.2) is 48.6 Å². The van der Waals surface area contributed by atoms with Crippen molar-refractivity contribution < 1.29 is 19.7 Å². The molecule has 6 nitrogen and oxygen atoms in total. The summed E-state index contributed by atoms with van der Waals surface area (Å²) in [6.07, 6.45) is 29.0. The van der Waals surface area contributed by atoms with Crippen LogP contribution in [0.4, 0.5) is 0 Å². The van der Waals surface area contributed by atoms with E-state index >= 15 is 0 Å². The van der Waals surface area contributed by atoms with E-state index in [1.54, 1.807) is 6.07 Å². The van der Waals surface area contributed by atoms with Gasteiger partial charge in [0, 0.05) is 24.6 Å². The molecular formula is C38H54N2O4. The van der Waals surface area contributed by atoms with Crippen LogP contribution < -0.4 is 10.1 Å². The molecule has 5 aliphatic rings. The Morgan fingerprint density at radius 1 is 1.00 bits per heavy atom. The largest absolute Gasteiger partial charge is 0.504 e. The number of ether oxygens (including phenoxy) is 1. The van der Waals surface area contributed by atoms with Crippen molar-refractivity contribution in [2.75, 3.05) is 13.1 Å². The van der Waals surface area contributed by atoms with Gasteiger partial charge in [0.1, 0.15) is 6.10 Å². The lowest BCUT2D eigenvalue weighted by Crippen LogP contribution is -2.78. The molecule has 1 saturated heterocycles. The van der Waals surface area contributed by atoms with E-state index in [0.717, 1.165) is 82.4 Å². The number of carbonyl (C=O) groups excluding carboxylic acids is 1. The van der Waals surface area contributed by atoms with Gasteiger partial charge < -0.3 is 20.3 Å². The fourth-order valence-electron chi connectivity index (χ4n) is 8.81. The molecule has 240 valence electrons. The average Bonchev–Trinajstić information content (AvgIpc) is 3.76. The molecule has 3 N–H and O–H groups in total. The van der Waals surface area contributed by atoms with E-state index in [2.05, 4.69) is 53.6 Å². The van der Waals surface area contributed by atoms with Gasteiger partial charge in [-0.25, -0.2) is 0 Å². The summed E-state index contributed by atoms with van der Waals surface area (Å²) in [6.45, 7) is 4.16. The third-order valence-corrected chi connectivity index (χ3v) is 11.2. The number of nitrogens with zero attached hydrogens (tertiary/aromatic N) is 1. The van der Waals surface area contributed by atoms with Gasteiger partial charge in [0.2, 0.25) is 5.91 Å². The van der Waals surface area contributed by atoms with Crippen molar-refractivity contribution in [1.82, 2.24) is 10.2 Å². The molecule has 1 aromatic rings. The standard InChI is InChI=1S/C38H54N2O4/c1-2-3-4-5-6-7-8-9-10-11-12-13-14-15-16-17-33(42)39-30-22-23-38(43)32-26-29-20-21-31(41)35-34(29)37(38,36(30)44-35)24-25-40(32)27-28-18-19-28/h3-4,6-7,9-10,20-21,28,30,32,36,41,43H,2,5,8,11-19,22-27H2,1H3,(H,39,42)/b4-3+,7-6+,10-9+/t30-,32+,36-,37-,38+/m0/s1. The molecule has 2 bridgehead atoms. The number of piperidine rings is 1. The summed E-state index contributed by atoms with van der Waals surface area (Å²) >= 11 is 0. The van der Waals surface area contributed by atoms with Crippen molar-refractivity contribution in [2.45, 2.75) is 139 Å². The van der Waals surface area contributed by atoms with Gasteiger partial charge in [-0.3, -0.25) is 9.69 Å². The highest BCUT2D eigenvalue weighted by Gasteiger charge is 2.73. The molecule has 1 spiro atoms. The Balaban J connectivity index is 0.974. The van der Waals surface area contributed by atoms with Crippen LogP contribution in [-0.2, 0) is 16.6 Å². The molecule has 0 unspecified atom stereocenters. The fraction of sp³-hybridized carbons (Fsp3) is 0.658. The average molecular weight is 603 g/mol. The predicted octanol–water partition coefficient (Wildman–Crippen LogP) is 7.03. The van der Waals surface area contributed by atoms with E-state index in [4.69, 9.17) is 4.74 Å². The topological polar surface area (TPSA) is 82.0 Å². The Kier molecular flexibility index (Phi) is 9.87. The molecule has 5 atom stereocenters. The molecule has 0 radical (unpaired) electrons. The summed E-state index contributed by atoms with van der Waals surface area (Å²) in [5.74, 6) is 1.55. The van der Waals surface area contributed by atoms with E-state index in [-0.39, 0.29) is 29.8 Å². The van der Waals surface area contributed by atoms with Crippen LogP contribution in [-0.4, -0.2) is 57.9 Å². The highest BCUT2D eigenvalue weighted by Crippen LogP contribution is 2.65. The Hall–Kier alpha value is -2.57. The normalized spacial score (nSPS) is 30.7. The van der Waals surface area contributed by atoms with Gasteiger partial charge in [-0.15, -0.1) is 0 Å². The maximum absolute atomic E-state index is 13.2. The zero-order valence-electron chi connectivity index (χ0n) is 26.8. The Morgan fingerprint density at radius 2 is 1.75 bits per heavy atom. The number of carbonyl (C=O) groups is 1. The Bertz CT molecular complexity index is 1250. The lowest BCUT2D eigenvalue weighted by Gasteiger charge is -2.64. The van der Waals surface area contributed by atoms with Crippen molar-refractivity contribution in [3.05, 3.63) is 59.7 Å². The molecule has 2 heterocycles. The molecule has 3 fully saturated rings. The number of phenols is 1. The van der Waals surface area contributed by atoms with Crippen LogP contribution in [0.25, 0.3) is 0 Å². The summed E-state index contributed by atoms with van der Waals surface area (Å²) in [4.78, 5) is 15.7.